The van der Waals surface area contributed by atoms with Crippen LogP contribution >= 0.6 is 0 Å². The van der Waals surface area contributed by atoms with Gasteiger partial charge in [0.05, 0.1) is 0 Å². The fraction of sp³-hybridized carbons (Fsp3) is 1.00. The fourth-order valence-corrected chi connectivity index (χ4v) is 3.47. The summed E-state index contributed by atoms with van der Waals surface area (Å²) in [4.78, 5) is 0. The highest BCUT2D eigenvalue weighted by molar-refractivity contribution is 4.90. The predicted molar refractivity (Wildman–Crippen MR) is 59.8 cm³/mol. The number of rotatable bonds is 2. The van der Waals surface area contributed by atoms with Crippen molar-refractivity contribution in [2.45, 2.75) is 66.7 Å². The van der Waals surface area contributed by atoms with Crippen molar-refractivity contribution >= 4 is 0 Å². The summed E-state index contributed by atoms with van der Waals surface area (Å²) in [5, 5.41) is 0. The molecule has 1 aliphatic carbocycles. The lowest BCUT2D eigenvalue weighted by Crippen LogP contribution is -2.35. The van der Waals surface area contributed by atoms with Crippen LogP contribution in [0.2, 0.25) is 0 Å². The van der Waals surface area contributed by atoms with E-state index in [-0.39, 0.29) is 0 Å². The molecule has 1 aliphatic rings. The highest BCUT2D eigenvalue weighted by Crippen LogP contribution is 2.51. The van der Waals surface area contributed by atoms with Gasteiger partial charge >= 0.3 is 0 Å². The summed E-state index contributed by atoms with van der Waals surface area (Å²) in [7, 11) is 0. The van der Waals surface area contributed by atoms with Crippen LogP contribution in [0.25, 0.3) is 0 Å². The fourth-order valence-electron chi connectivity index (χ4n) is 3.47. The van der Waals surface area contributed by atoms with Crippen molar-refractivity contribution in [3.8, 4) is 0 Å². The van der Waals surface area contributed by atoms with E-state index < -0.39 is 0 Å². The zero-order valence-electron chi connectivity index (χ0n) is 10.1. The summed E-state index contributed by atoms with van der Waals surface area (Å²) in [6.07, 6.45) is 7.04. The summed E-state index contributed by atoms with van der Waals surface area (Å²) in [6, 6.07) is 0. The molecule has 0 spiro atoms. The zero-order valence-corrected chi connectivity index (χ0v) is 10.1. The van der Waals surface area contributed by atoms with E-state index >= 15 is 0 Å². The van der Waals surface area contributed by atoms with E-state index in [1.54, 1.807) is 0 Å². The van der Waals surface area contributed by atoms with Crippen LogP contribution < -0.4 is 0 Å². The van der Waals surface area contributed by atoms with Crippen LogP contribution in [0, 0.1) is 16.7 Å². The third kappa shape index (κ3) is 2.48. The highest BCUT2D eigenvalue weighted by atomic mass is 14.4. The van der Waals surface area contributed by atoms with Crippen molar-refractivity contribution in [1.29, 1.82) is 0 Å². The minimum absolute atomic E-state index is 0.627. The summed E-state index contributed by atoms with van der Waals surface area (Å²) in [6.45, 7) is 12.1. The molecular formula is C13H26. The maximum atomic E-state index is 2.48. The molecule has 0 N–H and O–H groups in total. The normalized spacial score (nSPS) is 46.4. The van der Waals surface area contributed by atoms with E-state index in [9.17, 15) is 0 Å². The second kappa shape index (κ2) is 3.63. The molecule has 0 amide bonds. The van der Waals surface area contributed by atoms with Crippen LogP contribution in [0.4, 0.5) is 0 Å². The first-order valence-electron chi connectivity index (χ1n) is 5.93. The van der Waals surface area contributed by atoms with Crippen LogP contribution in [-0.2, 0) is 0 Å². The Balaban J connectivity index is 2.73. The Morgan fingerprint density at radius 3 is 1.69 bits per heavy atom. The Labute approximate surface area is 84.1 Å². The Bertz CT molecular complexity index is 155. The van der Waals surface area contributed by atoms with E-state index in [1.165, 1.54) is 32.1 Å². The van der Waals surface area contributed by atoms with Crippen molar-refractivity contribution in [3.05, 3.63) is 0 Å². The Kier molecular flexibility index (Phi) is 3.09. The smallest absolute Gasteiger partial charge is 0.0321 e. The average Bonchev–Trinajstić information content (AvgIpc) is 2.02. The molecule has 2 atom stereocenters. The van der Waals surface area contributed by atoms with Gasteiger partial charge in [0.25, 0.3) is 0 Å². The van der Waals surface area contributed by atoms with Crippen molar-refractivity contribution < 1.29 is 0 Å². The lowest BCUT2D eigenvalue weighted by molar-refractivity contribution is 0.0426. The molecule has 0 bridgehead atoms. The monoisotopic (exact) mass is 182 g/mol. The average molecular weight is 182 g/mol. The first kappa shape index (κ1) is 11.1. The number of hydrogen-bond acceptors (Lipinski definition) is 0. The topological polar surface area (TPSA) is 0 Å². The molecule has 1 rings (SSSR count). The maximum absolute atomic E-state index is 2.48. The van der Waals surface area contributed by atoms with Gasteiger partial charge in [-0.15, -0.1) is 0 Å². The van der Waals surface area contributed by atoms with Gasteiger partial charge in [-0.05, 0) is 36.0 Å². The van der Waals surface area contributed by atoms with Crippen molar-refractivity contribution in [2.24, 2.45) is 16.7 Å². The van der Waals surface area contributed by atoms with E-state index in [4.69, 9.17) is 0 Å². The maximum Gasteiger partial charge on any atom is -0.0321 e. The summed E-state index contributed by atoms with van der Waals surface area (Å²) in [5.41, 5.74) is 1.25. The molecule has 1 saturated carbocycles. The molecule has 0 nitrogen and oxygen atoms in total. The minimum atomic E-state index is 0.627. The second-order valence-corrected chi connectivity index (χ2v) is 6.02. The van der Waals surface area contributed by atoms with Gasteiger partial charge in [0.2, 0.25) is 0 Å². The molecular weight excluding hydrogens is 156 g/mol. The molecule has 0 aromatic heterocycles. The van der Waals surface area contributed by atoms with Crippen LogP contribution in [0.3, 0.4) is 0 Å². The van der Waals surface area contributed by atoms with Crippen LogP contribution in [-0.4, -0.2) is 0 Å². The largest absolute Gasteiger partial charge is 0.0649 e. The first-order chi connectivity index (χ1) is 5.93. The van der Waals surface area contributed by atoms with Crippen molar-refractivity contribution in [3.63, 3.8) is 0 Å². The SMILES string of the molecule is CCC1(C)CC(C)CC(C)(CC)C1. The van der Waals surface area contributed by atoms with E-state index in [0.717, 1.165) is 5.92 Å². The van der Waals surface area contributed by atoms with Crippen LogP contribution in [0.5, 0.6) is 0 Å². The Morgan fingerprint density at radius 2 is 1.38 bits per heavy atom. The molecule has 1 fully saturated rings. The van der Waals surface area contributed by atoms with Gasteiger partial charge in [0.15, 0.2) is 0 Å². The van der Waals surface area contributed by atoms with Crippen molar-refractivity contribution in [1.82, 2.24) is 0 Å². The molecule has 78 valence electrons. The van der Waals surface area contributed by atoms with Gasteiger partial charge in [-0.2, -0.15) is 0 Å². The third-order valence-electron chi connectivity index (χ3n) is 4.24. The molecule has 2 unspecified atom stereocenters. The molecule has 13 heavy (non-hydrogen) atoms. The first-order valence-corrected chi connectivity index (χ1v) is 5.93. The second-order valence-electron chi connectivity index (χ2n) is 6.02. The Morgan fingerprint density at radius 1 is 1.00 bits per heavy atom. The lowest BCUT2D eigenvalue weighted by atomic mass is 9.58. The lowest BCUT2D eigenvalue weighted by Gasteiger charge is -2.47. The van der Waals surface area contributed by atoms with Crippen LogP contribution in [0.15, 0.2) is 0 Å². The Hall–Kier alpha value is 0. The summed E-state index contributed by atoms with van der Waals surface area (Å²) < 4.78 is 0. The van der Waals surface area contributed by atoms with E-state index in [1.807, 2.05) is 0 Å². The third-order valence-corrected chi connectivity index (χ3v) is 4.24. The van der Waals surface area contributed by atoms with Gasteiger partial charge in [-0.3, -0.25) is 0 Å². The van der Waals surface area contributed by atoms with Gasteiger partial charge < -0.3 is 0 Å². The molecule has 0 heteroatoms. The van der Waals surface area contributed by atoms with Gasteiger partial charge in [0.1, 0.15) is 0 Å². The van der Waals surface area contributed by atoms with Gasteiger partial charge in [-0.25, -0.2) is 0 Å². The van der Waals surface area contributed by atoms with E-state index in [2.05, 4.69) is 34.6 Å². The molecule has 0 saturated heterocycles. The van der Waals surface area contributed by atoms with Crippen LogP contribution in [0.1, 0.15) is 66.7 Å². The molecule has 0 heterocycles. The minimum Gasteiger partial charge on any atom is -0.0649 e. The van der Waals surface area contributed by atoms with Gasteiger partial charge in [0, 0.05) is 0 Å². The predicted octanol–water partition coefficient (Wildman–Crippen LogP) is 4.64. The highest BCUT2D eigenvalue weighted by Gasteiger charge is 2.39. The number of hydrogen-bond donors (Lipinski definition) is 0. The van der Waals surface area contributed by atoms with E-state index in [0.29, 0.717) is 10.8 Å². The molecule has 0 radical (unpaired) electrons. The molecule has 0 aromatic rings. The van der Waals surface area contributed by atoms with Crippen molar-refractivity contribution in [2.75, 3.05) is 0 Å². The summed E-state index contributed by atoms with van der Waals surface area (Å²) >= 11 is 0. The zero-order chi connectivity index (χ0) is 10.1. The quantitative estimate of drug-likeness (QED) is 0.583. The summed E-state index contributed by atoms with van der Waals surface area (Å²) in [5.74, 6) is 0.934. The molecule has 0 aromatic carbocycles. The van der Waals surface area contributed by atoms with Gasteiger partial charge in [-0.1, -0.05) is 47.5 Å². The molecule has 0 aliphatic heterocycles. The standard InChI is InChI=1S/C13H26/c1-6-12(4)8-11(3)9-13(5,7-2)10-12/h11H,6-10H2,1-5H3.